The zero-order valence-corrected chi connectivity index (χ0v) is 11.7. The molecule has 1 heterocycles. The number of benzene rings is 2. The Morgan fingerprint density at radius 1 is 0.850 bits per heavy atom. The highest BCUT2D eigenvalue weighted by Gasteiger charge is 2.05. The zero-order valence-electron chi connectivity index (χ0n) is 11.0. The van der Waals surface area contributed by atoms with Gasteiger partial charge in [-0.05, 0) is 34.7 Å². The van der Waals surface area contributed by atoms with E-state index in [9.17, 15) is 0 Å². The van der Waals surface area contributed by atoms with E-state index in [1.807, 2.05) is 18.3 Å². The summed E-state index contributed by atoms with van der Waals surface area (Å²) in [5.41, 5.74) is 4.90. The third kappa shape index (κ3) is 2.89. The number of rotatable bonds is 3. The Morgan fingerprint density at radius 3 is 2.40 bits per heavy atom. The molecule has 0 amide bonds. The van der Waals surface area contributed by atoms with Crippen molar-refractivity contribution in [2.75, 3.05) is 0 Å². The van der Waals surface area contributed by atoms with Gasteiger partial charge in [-0.3, -0.25) is 4.98 Å². The predicted octanol–water partition coefficient (Wildman–Crippen LogP) is 4.99. The average molecular weight is 280 g/mol. The molecule has 0 bridgehead atoms. The van der Waals surface area contributed by atoms with Gasteiger partial charge in [0.15, 0.2) is 0 Å². The van der Waals surface area contributed by atoms with Crippen molar-refractivity contribution in [1.82, 2.24) is 4.98 Å². The van der Waals surface area contributed by atoms with Gasteiger partial charge < -0.3 is 0 Å². The lowest BCUT2D eigenvalue weighted by Crippen LogP contribution is -1.93. The van der Waals surface area contributed by atoms with Gasteiger partial charge in [0.1, 0.15) is 0 Å². The van der Waals surface area contributed by atoms with E-state index in [0.29, 0.717) is 5.02 Å². The number of aromatic nitrogens is 1. The highest BCUT2D eigenvalue weighted by Crippen LogP contribution is 2.25. The summed E-state index contributed by atoms with van der Waals surface area (Å²) in [4.78, 5) is 4.15. The van der Waals surface area contributed by atoms with Gasteiger partial charge in [-0.1, -0.05) is 66.2 Å². The van der Waals surface area contributed by atoms with E-state index in [0.717, 1.165) is 12.0 Å². The van der Waals surface area contributed by atoms with Crippen LogP contribution in [-0.4, -0.2) is 4.98 Å². The topological polar surface area (TPSA) is 12.9 Å². The van der Waals surface area contributed by atoms with E-state index in [4.69, 9.17) is 11.6 Å². The van der Waals surface area contributed by atoms with Crippen molar-refractivity contribution in [3.8, 4) is 11.1 Å². The molecule has 0 atom stereocenters. The SMILES string of the molecule is Clc1cncc(Cc2ccccc2-c2ccccc2)c1. The van der Waals surface area contributed by atoms with Crippen LogP contribution >= 0.6 is 11.6 Å². The van der Waals surface area contributed by atoms with Crippen molar-refractivity contribution in [1.29, 1.82) is 0 Å². The Labute approximate surface area is 123 Å². The molecule has 0 aliphatic carbocycles. The second-order valence-electron chi connectivity index (χ2n) is 4.71. The van der Waals surface area contributed by atoms with Crippen LogP contribution in [0.2, 0.25) is 5.02 Å². The van der Waals surface area contributed by atoms with Crippen LogP contribution in [0.1, 0.15) is 11.1 Å². The number of hydrogen-bond donors (Lipinski definition) is 0. The van der Waals surface area contributed by atoms with Crippen molar-refractivity contribution in [2.45, 2.75) is 6.42 Å². The van der Waals surface area contributed by atoms with Crippen LogP contribution in [0, 0.1) is 0 Å². The monoisotopic (exact) mass is 279 g/mol. The fraction of sp³-hybridized carbons (Fsp3) is 0.0556. The van der Waals surface area contributed by atoms with Gasteiger partial charge in [0.25, 0.3) is 0 Å². The van der Waals surface area contributed by atoms with Crippen LogP contribution in [0.3, 0.4) is 0 Å². The first-order valence-corrected chi connectivity index (χ1v) is 6.93. The molecule has 2 aromatic carbocycles. The van der Waals surface area contributed by atoms with Crippen LogP contribution in [0.4, 0.5) is 0 Å². The molecule has 3 rings (SSSR count). The quantitative estimate of drug-likeness (QED) is 0.658. The van der Waals surface area contributed by atoms with Gasteiger partial charge in [0.2, 0.25) is 0 Å². The molecule has 0 saturated heterocycles. The molecule has 0 N–H and O–H groups in total. The normalized spacial score (nSPS) is 10.4. The first-order chi connectivity index (χ1) is 9.83. The van der Waals surface area contributed by atoms with Crippen molar-refractivity contribution >= 4 is 11.6 Å². The lowest BCUT2D eigenvalue weighted by atomic mass is 9.95. The summed E-state index contributed by atoms with van der Waals surface area (Å²) in [6, 6.07) is 20.8. The van der Waals surface area contributed by atoms with Crippen LogP contribution in [0.25, 0.3) is 11.1 Å². The van der Waals surface area contributed by atoms with Crippen LogP contribution in [0.15, 0.2) is 73.1 Å². The fourth-order valence-corrected chi connectivity index (χ4v) is 2.54. The molecule has 1 nitrogen and oxygen atoms in total. The number of pyridine rings is 1. The van der Waals surface area contributed by atoms with Crippen LogP contribution < -0.4 is 0 Å². The number of hydrogen-bond acceptors (Lipinski definition) is 1. The first kappa shape index (κ1) is 12.9. The van der Waals surface area contributed by atoms with Gasteiger partial charge in [0.05, 0.1) is 5.02 Å². The summed E-state index contributed by atoms with van der Waals surface area (Å²) in [6.07, 6.45) is 4.36. The molecule has 0 radical (unpaired) electrons. The van der Waals surface area contributed by atoms with Crippen LogP contribution in [-0.2, 0) is 6.42 Å². The molecule has 2 heteroatoms. The molecule has 3 aromatic rings. The predicted molar refractivity (Wildman–Crippen MR) is 83.9 cm³/mol. The third-order valence-electron chi connectivity index (χ3n) is 3.26. The molecule has 0 spiro atoms. The smallest absolute Gasteiger partial charge is 0.0592 e. The van der Waals surface area contributed by atoms with Gasteiger partial charge in [-0.15, -0.1) is 0 Å². The average Bonchev–Trinajstić information content (AvgIpc) is 2.49. The minimum absolute atomic E-state index is 0.680. The molecule has 1 aromatic heterocycles. The van der Waals surface area contributed by atoms with Gasteiger partial charge >= 0.3 is 0 Å². The summed E-state index contributed by atoms with van der Waals surface area (Å²) in [5, 5.41) is 0.680. The van der Waals surface area contributed by atoms with Gasteiger partial charge in [-0.2, -0.15) is 0 Å². The lowest BCUT2D eigenvalue weighted by Gasteiger charge is -2.10. The molecular weight excluding hydrogens is 266 g/mol. The summed E-state index contributed by atoms with van der Waals surface area (Å²) >= 11 is 6.01. The highest BCUT2D eigenvalue weighted by atomic mass is 35.5. The fourth-order valence-electron chi connectivity index (χ4n) is 2.35. The van der Waals surface area contributed by atoms with E-state index in [-0.39, 0.29) is 0 Å². The molecule has 0 aliphatic rings. The highest BCUT2D eigenvalue weighted by molar-refractivity contribution is 6.30. The van der Waals surface area contributed by atoms with Crippen molar-refractivity contribution in [3.05, 3.63) is 89.2 Å². The van der Waals surface area contributed by atoms with Crippen molar-refractivity contribution < 1.29 is 0 Å². The molecule has 20 heavy (non-hydrogen) atoms. The van der Waals surface area contributed by atoms with Crippen LogP contribution in [0.5, 0.6) is 0 Å². The van der Waals surface area contributed by atoms with E-state index in [1.165, 1.54) is 16.7 Å². The summed E-state index contributed by atoms with van der Waals surface area (Å²) < 4.78 is 0. The zero-order chi connectivity index (χ0) is 13.8. The Balaban J connectivity index is 1.99. The van der Waals surface area contributed by atoms with Crippen molar-refractivity contribution in [2.24, 2.45) is 0 Å². The van der Waals surface area contributed by atoms with Gasteiger partial charge in [-0.25, -0.2) is 0 Å². The maximum atomic E-state index is 6.01. The Bertz CT molecular complexity index is 707. The lowest BCUT2D eigenvalue weighted by molar-refractivity contribution is 1.15. The molecule has 98 valence electrons. The summed E-state index contributed by atoms with van der Waals surface area (Å²) in [5.74, 6) is 0. The maximum Gasteiger partial charge on any atom is 0.0592 e. The Kier molecular flexibility index (Phi) is 3.80. The molecule has 0 unspecified atom stereocenters. The van der Waals surface area contributed by atoms with E-state index < -0.39 is 0 Å². The minimum atomic E-state index is 0.680. The van der Waals surface area contributed by atoms with E-state index in [1.54, 1.807) is 6.20 Å². The second-order valence-corrected chi connectivity index (χ2v) is 5.15. The Hall–Kier alpha value is -2.12. The molecule has 0 aliphatic heterocycles. The van der Waals surface area contributed by atoms with Gasteiger partial charge in [0, 0.05) is 12.4 Å². The molecular formula is C18H14ClN. The molecule has 0 saturated carbocycles. The standard InChI is InChI=1S/C18H14ClN/c19-17-11-14(12-20-13-17)10-16-8-4-5-9-18(16)15-6-2-1-3-7-15/h1-9,11-13H,10H2. The van der Waals surface area contributed by atoms with Crippen molar-refractivity contribution in [3.63, 3.8) is 0 Å². The summed E-state index contributed by atoms with van der Waals surface area (Å²) in [6.45, 7) is 0. The largest absolute Gasteiger partial charge is 0.263 e. The number of halogens is 1. The van der Waals surface area contributed by atoms with E-state index in [2.05, 4.69) is 53.5 Å². The molecule has 0 fully saturated rings. The maximum absolute atomic E-state index is 6.01. The summed E-state index contributed by atoms with van der Waals surface area (Å²) in [7, 11) is 0. The minimum Gasteiger partial charge on any atom is -0.263 e. The van der Waals surface area contributed by atoms with E-state index >= 15 is 0 Å². The third-order valence-corrected chi connectivity index (χ3v) is 3.46. The second kappa shape index (κ2) is 5.89. The number of nitrogens with zero attached hydrogens (tertiary/aromatic N) is 1. The Morgan fingerprint density at radius 2 is 1.60 bits per heavy atom. The first-order valence-electron chi connectivity index (χ1n) is 6.56.